The number of pyridine rings is 1. The number of carboxylic acid groups (broad SMARTS) is 1. The third kappa shape index (κ3) is 1.92. The van der Waals surface area contributed by atoms with Crippen LogP contribution in [-0.4, -0.2) is 31.5 Å². The zero-order valence-electron chi connectivity index (χ0n) is 9.46. The normalized spacial score (nSPS) is 10.8. The SMILES string of the molecule is O=C(O)c1n[nH]nc1-c1nccc2ccc(Cl)cc12. The minimum atomic E-state index is -1.16. The molecule has 2 aromatic heterocycles. The molecule has 0 radical (unpaired) electrons. The Morgan fingerprint density at radius 3 is 2.84 bits per heavy atom. The van der Waals surface area contributed by atoms with Crippen molar-refractivity contribution >= 4 is 28.3 Å². The topological polar surface area (TPSA) is 91.8 Å². The molecular weight excluding hydrogens is 268 g/mol. The number of H-pyrrole nitrogens is 1. The van der Waals surface area contributed by atoms with Gasteiger partial charge in [0, 0.05) is 16.6 Å². The molecule has 0 fully saturated rings. The summed E-state index contributed by atoms with van der Waals surface area (Å²) in [5.41, 5.74) is 0.464. The van der Waals surface area contributed by atoms with Gasteiger partial charge < -0.3 is 5.11 Å². The standard InChI is InChI=1S/C12H7ClN4O2/c13-7-2-1-6-3-4-14-9(8(6)5-7)10-11(12(18)19)16-17-15-10/h1-5H,(H,18,19)(H,15,16,17). The minimum Gasteiger partial charge on any atom is -0.476 e. The van der Waals surface area contributed by atoms with Crippen LogP contribution in [0.3, 0.4) is 0 Å². The van der Waals surface area contributed by atoms with E-state index in [1.54, 1.807) is 18.3 Å². The quantitative estimate of drug-likeness (QED) is 0.748. The zero-order valence-corrected chi connectivity index (χ0v) is 10.2. The third-order valence-corrected chi connectivity index (χ3v) is 2.94. The van der Waals surface area contributed by atoms with Crippen LogP contribution in [0.5, 0.6) is 0 Å². The van der Waals surface area contributed by atoms with Gasteiger partial charge in [-0.3, -0.25) is 4.98 Å². The van der Waals surface area contributed by atoms with Crippen LogP contribution >= 0.6 is 11.6 Å². The van der Waals surface area contributed by atoms with E-state index in [9.17, 15) is 4.79 Å². The van der Waals surface area contributed by atoms with Gasteiger partial charge in [0.15, 0.2) is 5.69 Å². The summed E-state index contributed by atoms with van der Waals surface area (Å²) in [7, 11) is 0. The fourth-order valence-corrected chi connectivity index (χ4v) is 2.05. The smallest absolute Gasteiger partial charge is 0.358 e. The van der Waals surface area contributed by atoms with Crippen molar-refractivity contribution in [3.05, 3.63) is 41.2 Å². The van der Waals surface area contributed by atoms with E-state index in [0.717, 1.165) is 10.8 Å². The molecule has 6 nitrogen and oxygen atoms in total. The van der Waals surface area contributed by atoms with Gasteiger partial charge in [0.2, 0.25) is 0 Å². The predicted octanol–water partition coefficient (Wildman–Crippen LogP) is 2.37. The van der Waals surface area contributed by atoms with E-state index in [0.29, 0.717) is 10.7 Å². The van der Waals surface area contributed by atoms with Crippen molar-refractivity contribution in [2.45, 2.75) is 0 Å². The number of aromatic carboxylic acids is 1. The average Bonchev–Trinajstić information content (AvgIpc) is 2.87. The number of halogens is 1. The number of benzene rings is 1. The second-order valence-electron chi connectivity index (χ2n) is 3.85. The number of carboxylic acids is 1. The van der Waals surface area contributed by atoms with E-state index in [4.69, 9.17) is 16.7 Å². The van der Waals surface area contributed by atoms with E-state index in [-0.39, 0.29) is 11.4 Å². The summed E-state index contributed by atoms with van der Waals surface area (Å²) in [6.45, 7) is 0. The highest BCUT2D eigenvalue weighted by molar-refractivity contribution is 6.31. The van der Waals surface area contributed by atoms with Gasteiger partial charge in [-0.05, 0) is 23.6 Å². The van der Waals surface area contributed by atoms with Crippen LogP contribution in [0.25, 0.3) is 22.2 Å². The Labute approximate surface area is 112 Å². The van der Waals surface area contributed by atoms with Crippen LogP contribution in [0, 0.1) is 0 Å². The Hall–Kier alpha value is -2.47. The number of nitrogens with zero attached hydrogens (tertiary/aromatic N) is 3. The first-order valence-electron chi connectivity index (χ1n) is 5.35. The first-order chi connectivity index (χ1) is 9.16. The summed E-state index contributed by atoms with van der Waals surface area (Å²) in [6.07, 6.45) is 1.59. The van der Waals surface area contributed by atoms with Gasteiger partial charge in [-0.1, -0.05) is 17.7 Å². The van der Waals surface area contributed by atoms with E-state index >= 15 is 0 Å². The van der Waals surface area contributed by atoms with Gasteiger partial charge in [-0.2, -0.15) is 10.3 Å². The molecular formula is C12H7ClN4O2. The fraction of sp³-hybridized carbons (Fsp3) is 0. The first-order valence-corrected chi connectivity index (χ1v) is 5.73. The van der Waals surface area contributed by atoms with Gasteiger partial charge in [0.1, 0.15) is 11.4 Å². The number of aromatic nitrogens is 4. The molecule has 3 aromatic rings. The summed E-state index contributed by atoms with van der Waals surface area (Å²) < 4.78 is 0. The number of aromatic amines is 1. The molecule has 0 unspecified atom stereocenters. The maximum absolute atomic E-state index is 11.1. The lowest BCUT2D eigenvalue weighted by molar-refractivity contribution is 0.0691. The molecule has 0 amide bonds. The van der Waals surface area contributed by atoms with Crippen molar-refractivity contribution in [3.8, 4) is 11.4 Å². The number of carbonyl (C=O) groups is 1. The van der Waals surface area contributed by atoms with Crippen LogP contribution in [0.4, 0.5) is 0 Å². The van der Waals surface area contributed by atoms with Crippen molar-refractivity contribution in [3.63, 3.8) is 0 Å². The van der Waals surface area contributed by atoms with E-state index in [1.807, 2.05) is 12.1 Å². The summed E-state index contributed by atoms with van der Waals surface area (Å²) in [4.78, 5) is 15.3. The summed E-state index contributed by atoms with van der Waals surface area (Å²) in [6, 6.07) is 7.13. The highest BCUT2D eigenvalue weighted by Crippen LogP contribution is 2.28. The highest BCUT2D eigenvalue weighted by Gasteiger charge is 2.19. The Bertz CT molecular complexity index is 784. The molecule has 0 saturated carbocycles. The van der Waals surface area contributed by atoms with E-state index in [1.165, 1.54) is 0 Å². The lowest BCUT2D eigenvalue weighted by Crippen LogP contribution is -2.00. The molecule has 0 aliphatic heterocycles. The molecule has 2 heterocycles. The molecule has 7 heteroatoms. The fourth-order valence-electron chi connectivity index (χ4n) is 1.87. The third-order valence-electron chi connectivity index (χ3n) is 2.70. The van der Waals surface area contributed by atoms with Crippen molar-refractivity contribution in [2.75, 3.05) is 0 Å². The second-order valence-corrected chi connectivity index (χ2v) is 4.29. The molecule has 0 spiro atoms. The van der Waals surface area contributed by atoms with Crippen LogP contribution in [0.2, 0.25) is 5.02 Å². The maximum atomic E-state index is 11.1. The molecule has 0 saturated heterocycles. The molecule has 2 N–H and O–H groups in total. The lowest BCUT2D eigenvalue weighted by Gasteiger charge is -2.03. The van der Waals surface area contributed by atoms with Crippen LogP contribution in [-0.2, 0) is 0 Å². The Morgan fingerprint density at radius 1 is 1.21 bits per heavy atom. The zero-order chi connectivity index (χ0) is 13.4. The van der Waals surface area contributed by atoms with Crippen LogP contribution < -0.4 is 0 Å². The Morgan fingerprint density at radius 2 is 2.05 bits per heavy atom. The first kappa shape index (κ1) is 11.6. The maximum Gasteiger partial charge on any atom is 0.358 e. The van der Waals surface area contributed by atoms with Crippen molar-refractivity contribution < 1.29 is 9.90 Å². The number of nitrogens with one attached hydrogen (secondary N) is 1. The van der Waals surface area contributed by atoms with Gasteiger partial charge in [-0.25, -0.2) is 4.79 Å². The number of rotatable bonds is 2. The van der Waals surface area contributed by atoms with Crippen molar-refractivity contribution in [1.82, 2.24) is 20.4 Å². The van der Waals surface area contributed by atoms with E-state index < -0.39 is 5.97 Å². The van der Waals surface area contributed by atoms with Crippen LogP contribution in [0.1, 0.15) is 10.5 Å². The molecule has 0 atom stereocenters. The predicted molar refractivity (Wildman–Crippen MR) is 69.1 cm³/mol. The molecule has 0 aliphatic carbocycles. The molecule has 94 valence electrons. The minimum absolute atomic E-state index is 0.167. The lowest BCUT2D eigenvalue weighted by atomic mass is 10.1. The van der Waals surface area contributed by atoms with Gasteiger partial charge in [0.25, 0.3) is 0 Å². The number of fused-ring (bicyclic) bond motifs is 1. The van der Waals surface area contributed by atoms with Crippen LogP contribution in [0.15, 0.2) is 30.5 Å². The monoisotopic (exact) mass is 274 g/mol. The number of hydrogen-bond donors (Lipinski definition) is 2. The van der Waals surface area contributed by atoms with Gasteiger partial charge in [0.05, 0.1) is 0 Å². The molecule has 0 bridgehead atoms. The average molecular weight is 275 g/mol. The van der Waals surface area contributed by atoms with Gasteiger partial charge >= 0.3 is 5.97 Å². The summed E-state index contributed by atoms with van der Waals surface area (Å²) >= 11 is 5.97. The molecule has 1 aromatic carbocycles. The largest absolute Gasteiger partial charge is 0.476 e. The molecule has 3 rings (SSSR count). The Balaban J connectivity index is 2.33. The molecule has 19 heavy (non-hydrogen) atoms. The second kappa shape index (κ2) is 4.33. The van der Waals surface area contributed by atoms with Gasteiger partial charge in [-0.15, -0.1) is 5.10 Å². The highest BCUT2D eigenvalue weighted by atomic mass is 35.5. The Kier molecular flexibility index (Phi) is 2.64. The summed E-state index contributed by atoms with van der Waals surface area (Å²) in [5.74, 6) is -1.16. The number of hydrogen-bond acceptors (Lipinski definition) is 4. The van der Waals surface area contributed by atoms with Crippen molar-refractivity contribution in [2.24, 2.45) is 0 Å². The summed E-state index contributed by atoms with van der Waals surface area (Å²) in [5, 5.41) is 21.0. The van der Waals surface area contributed by atoms with Crippen molar-refractivity contribution in [1.29, 1.82) is 0 Å². The van der Waals surface area contributed by atoms with E-state index in [2.05, 4.69) is 20.4 Å². The molecule has 0 aliphatic rings.